The Hall–Kier alpha value is -2.57. The number of amides is 2. The zero-order valence-electron chi connectivity index (χ0n) is 19.2. The molecule has 37 heavy (non-hydrogen) atoms. The van der Waals surface area contributed by atoms with Crippen molar-refractivity contribution in [2.75, 3.05) is 17.7 Å². The van der Waals surface area contributed by atoms with Crippen LogP contribution in [0.1, 0.15) is 37.4 Å². The summed E-state index contributed by atoms with van der Waals surface area (Å²) in [4.78, 5) is 25.7. The number of hydrogen-bond donors (Lipinski definition) is 4. The summed E-state index contributed by atoms with van der Waals surface area (Å²) >= 11 is 10.5. The van der Waals surface area contributed by atoms with Crippen LogP contribution in [0.2, 0.25) is 5.02 Å². The van der Waals surface area contributed by atoms with E-state index in [1.165, 1.54) is 23.9 Å². The summed E-state index contributed by atoms with van der Waals surface area (Å²) < 4.78 is 39.8. The van der Waals surface area contributed by atoms with Crippen LogP contribution in [0.5, 0.6) is 0 Å². The Labute approximate surface area is 229 Å². The topological polar surface area (TPSA) is 90.5 Å². The first-order valence-electron chi connectivity index (χ1n) is 10.9. The summed E-state index contributed by atoms with van der Waals surface area (Å²) in [6, 6.07) is 15.2. The van der Waals surface area contributed by atoms with E-state index < -0.39 is 28.6 Å². The number of aliphatic hydroxyl groups is 1. The molecular weight excluding hydrogens is 595 g/mol. The molecule has 12 heteroatoms. The number of hydrazine groups is 1. The molecule has 3 aromatic rings. The molecule has 196 valence electrons. The van der Waals surface area contributed by atoms with Crippen LogP contribution in [-0.4, -0.2) is 29.3 Å². The molecule has 0 aliphatic heterocycles. The second-order valence-electron chi connectivity index (χ2n) is 7.74. The van der Waals surface area contributed by atoms with E-state index in [1.54, 1.807) is 30.3 Å². The van der Waals surface area contributed by atoms with E-state index in [4.69, 9.17) is 16.7 Å². The number of anilines is 1. The number of thioether (sulfide) groups is 1. The van der Waals surface area contributed by atoms with E-state index in [2.05, 4.69) is 32.1 Å². The number of nitrogens with one attached hydrogen (secondary N) is 3. The fourth-order valence-corrected chi connectivity index (χ4v) is 4.53. The minimum atomic E-state index is -4.60. The summed E-state index contributed by atoms with van der Waals surface area (Å²) in [6.45, 7) is -0.0226. The molecule has 0 aliphatic carbocycles. The van der Waals surface area contributed by atoms with Crippen LogP contribution in [0.15, 0.2) is 65.1 Å². The Balaban J connectivity index is 1.68. The normalized spacial score (nSPS) is 11.3. The standard InChI is InChI=1S/C25H22BrClF3N3O3S/c26-18-5-7-22(32-23(35)17-3-1-2-16(10-17)14-37-9-8-34)19(12-18)24(36)33-31-13-15-4-6-21(27)20(11-15)25(28,29)30/h1-7,10-12,31,34H,8-9,13-14H2,(H,32,35)(H,33,36). The maximum Gasteiger partial charge on any atom is 0.417 e. The molecular formula is C25H22BrClF3N3O3S. The third-order valence-electron chi connectivity index (χ3n) is 5.00. The second kappa shape index (κ2) is 13.3. The maximum atomic E-state index is 13.1. The molecule has 3 rings (SSSR count). The van der Waals surface area contributed by atoms with Crippen molar-refractivity contribution in [1.29, 1.82) is 0 Å². The minimum Gasteiger partial charge on any atom is -0.396 e. The van der Waals surface area contributed by atoms with Crippen LogP contribution in [-0.2, 0) is 18.5 Å². The molecule has 6 nitrogen and oxygen atoms in total. The third-order valence-corrected chi connectivity index (χ3v) is 6.83. The van der Waals surface area contributed by atoms with Gasteiger partial charge >= 0.3 is 6.18 Å². The number of alkyl halides is 3. The van der Waals surface area contributed by atoms with Crippen molar-refractivity contribution in [3.05, 3.63) is 98.0 Å². The number of aliphatic hydroxyl groups excluding tert-OH is 1. The van der Waals surface area contributed by atoms with Crippen molar-refractivity contribution in [3.63, 3.8) is 0 Å². The smallest absolute Gasteiger partial charge is 0.396 e. The summed E-state index contributed by atoms with van der Waals surface area (Å²) in [7, 11) is 0. The van der Waals surface area contributed by atoms with Gasteiger partial charge in [0.2, 0.25) is 0 Å². The van der Waals surface area contributed by atoms with Crippen molar-refractivity contribution < 1.29 is 27.9 Å². The number of carbonyl (C=O) groups excluding carboxylic acids is 2. The van der Waals surface area contributed by atoms with Crippen LogP contribution in [0.25, 0.3) is 0 Å². The van der Waals surface area contributed by atoms with E-state index in [9.17, 15) is 22.8 Å². The van der Waals surface area contributed by atoms with Gasteiger partial charge in [0.25, 0.3) is 11.8 Å². The van der Waals surface area contributed by atoms with E-state index in [-0.39, 0.29) is 30.0 Å². The predicted molar refractivity (Wildman–Crippen MR) is 143 cm³/mol. The molecule has 0 aliphatic rings. The molecule has 0 saturated heterocycles. The number of hydrogen-bond acceptors (Lipinski definition) is 5. The van der Waals surface area contributed by atoms with Crippen molar-refractivity contribution >= 4 is 56.8 Å². The predicted octanol–water partition coefficient (Wildman–Crippen LogP) is 6.03. The maximum absolute atomic E-state index is 13.1. The fraction of sp³-hybridized carbons (Fsp3) is 0.200. The minimum absolute atomic E-state index is 0.0718. The van der Waals surface area contributed by atoms with Gasteiger partial charge in [-0.3, -0.25) is 15.0 Å². The zero-order chi connectivity index (χ0) is 27.0. The van der Waals surface area contributed by atoms with E-state index in [0.29, 0.717) is 21.5 Å². The van der Waals surface area contributed by atoms with E-state index >= 15 is 0 Å². The first-order valence-corrected chi connectivity index (χ1v) is 13.2. The Kier molecular flexibility index (Phi) is 10.4. The monoisotopic (exact) mass is 615 g/mol. The number of halogens is 5. The van der Waals surface area contributed by atoms with Crippen molar-refractivity contribution in [2.24, 2.45) is 0 Å². The molecule has 0 fully saturated rings. The van der Waals surface area contributed by atoms with Crippen LogP contribution in [0.3, 0.4) is 0 Å². The Morgan fingerprint density at radius 1 is 1.00 bits per heavy atom. The first-order chi connectivity index (χ1) is 17.6. The SMILES string of the molecule is O=C(Nc1ccc(Br)cc1C(=O)NNCc1ccc(Cl)c(C(F)(F)F)c1)c1cccc(CSCCO)c1. The van der Waals surface area contributed by atoms with Crippen LogP contribution in [0.4, 0.5) is 18.9 Å². The largest absolute Gasteiger partial charge is 0.417 e. The summed E-state index contributed by atoms with van der Waals surface area (Å²) in [5, 5.41) is 11.3. The van der Waals surface area contributed by atoms with Gasteiger partial charge in [0.05, 0.1) is 28.4 Å². The molecule has 3 aromatic carbocycles. The quantitative estimate of drug-likeness (QED) is 0.165. The molecule has 0 bridgehead atoms. The van der Waals surface area contributed by atoms with Gasteiger partial charge in [-0.1, -0.05) is 45.7 Å². The summed E-state index contributed by atoms with van der Waals surface area (Å²) in [5.41, 5.74) is 6.04. The molecule has 0 unspecified atom stereocenters. The lowest BCUT2D eigenvalue weighted by atomic mass is 10.1. The molecule has 4 N–H and O–H groups in total. The second-order valence-corrected chi connectivity index (χ2v) is 10.2. The van der Waals surface area contributed by atoms with Crippen LogP contribution < -0.4 is 16.2 Å². The van der Waals surface area contributed by atoms with Crippen molar-refractivity contribution in [2.45, 2.75) is 18.5 Å². The van der Waals surface area contributed by atoms with Crippen molar-refractivity contribution in [3.8, 4) is 0 Å². The highest BCUT2D eigenvalue weighted by Gasteiger charge is 2.33. The average molecular weight is 617 g/mol. The third kappa shape index (κ3) is 8.47. The molecule has 0 aromatic heterocycles. The van der Waals surface area contributed by atoms with Crippen LogP contribution >= 0.6 is 39.3 Å². The van der Waals surface area contributed by atoms with Gasteiger partial charge in [-0.2, -0.15) is 24.9 Å². The Morgan fingerprint density at radius 3 is 2.51 bits per heavy atom. The first kappa shape index (κ1) is 29.0. The van der Waals surface area contributed by atoms with Gasteiger partial charge in [-0.15, -0.1) is 0 Å². The molecule has 2 amide bonds. The lowest BCUT2D eigenvalue weighted by molar-refractivity contribution is -0.137. The fourth-order valence-electron chi connectivity index (χ4n) is 3.26. The van der Waals surface area contributed by atoms with Crippen molar-refractivity contribution in [1.82, 2.24) is 10.9 Å². The Bertz CT molecular complexity index is 1280. The van der Waals surface area contributed by atoms with Gasteiger partial charge in [0, 0.05) is 28.1 Å². The molecule has 0 saturated carbocycles. The molecule has 0 atom stereocenters. The number of benzene rings is 3. The van der Waals surface area contributed by atoms with E-state index in [1.807, 2.05) is 6.07 Å². The summed E-state index contributed by atoms with van der Waals surface area (Å²) in [5.74, 6) is 0.204. The van der Waals surface area contributed by atoms with Crippen LogP contribution in [0, 0.1) is 0 Å². The number of carbonyl (C=O) groups is 2. The lowest BCUT2D eigenvalue weighted by Gasteiger charge is -2.14. The zero-order valence-corrected chi connectivity index (χ0v) is 22.3. The van der Waals surface area contributed by atoms with Gasteiger partial charge < -0.3 is 10.4 Å². The average Bonchev–Trinajstić information content (AvgIpc) is 2.85. The van der Waals surface area contributed by atoms with Gasteiger partial charge in [-0.05, 0) is 53.6 Å². The van der Waals surface area contributed by atoms with Gasteiger partial charge in [0.15, 0.2) is 0 Å². The summed E-state index contributed by atoms with van der Waals surface area (Å²) in [6.07, 6.45) is -4.60. The van der Waals surface area contributed by atoms with E-state index in [0.717, 1.165) is 17.7 Å². The van der Waals surface area contributed by atoms with Gasteiger partial charge in [-0.25, -0.2) is 5.43 Å². The van der Waals surface area contributed by atoms with Gasteiger partial charge in [0.1, 0.15) is 0 Å². The highest BCUT2D eigenvalue weighted by molar-refractivity contribution is 9.10. The number of rotatable bonds is 10. The highest BCUT2D eigenvalue weighted by atomic mass is 79.9. The lowest BCUT2D eigenvalue weighted by Crippen LogP contribution is -2.37. The molecule has 0 heterocycles. The highest BCUT2D eigenvalue weighted by Crippen LogP contribution is 2.35. The molecule has 0 spiro atoms. The molecule has 0 radical (unpaired) electrons. The Morgan fingerprint density at radius 2 is 1.78 bits per heavy atom.